The molecular weight excluding hydrogens is 228 g/mol. The van der Waals surface area contributed by atoms with Crippen molar-refractivity contribution < 1.29 is 14.3 Å². The molecule has 0 atom stereocenters. The van der Waals surface area contributed by atoms with Crippen LogP contribution in [0.25, 0.3) is 0 Å². The molecule has 1 aromatic rings. The molecule has 0 saturated carbocycles. The number of cyclic esters (lactones) is 2. The Kier molecular flexibility index (Phi) is 3.01. The molecule has 3 nitrogen and oxygen atoms in total. The summed E-state index contributed by atoms with van der Waals surface area (Å²) in [5.74, 6) is -1.05. The first kappa shape index (κ1) is 12.8. The second kappa shape index (κ2) is 4.23. The van der Waals surface area contributed by atoms with Crippen LogP contribution in [0.1, 0.15) is 66.0 Å². The topological polar surface area (TPSA) is 43.4 Å². The van der Waals surface area contributed by atoms with Gasteiger partial charge in [-0.25, -0.2) is 9.59 Å². The maximum atomic E-state index is 11.6. The largest absolute Gasteiger partial charge is 0.386 e. The van der Waals surface area contributed by atoms with Crippen molar-refractivity contribution in [2.24, 2.45) is 0 Å². The molecule has 2 rings (SSSR count). The van der Waals surface area contributed by atoms with Gasteiger partial charge in [0.25, 0.3) is 0 Å². The number of fused-ring (bicyclic) bond motifs is 1. The molecule has 1 heterocycles. The van der Waals surface area contributed by atoms with E-state index in [1.165, 1.54) is 0 Å². The lowest BCUT2D eigenvalue weighted by atomic mass is 9.78. The fraction of sp³-hybridized carbons (Fsp3) is 0.467. The average Bonchev–Trinajstić information content (AvgIpc) is 2.63. The van der Waals surface area contributed by atoms with E-state index in [0.717, 1.165) is 24.0 Å². The first-order valence-corrected chi connectivity index (χ1v) is 6.34. The predicted octanol–water partition coefficient (Wildman–Crippen LogP) is 3.25. The Morgan fingerprint density at radius 3 is 2.11 bits per heavy atom. The minimum Gasteiger partial charge on any atom is -0.386 e. The van der Waals surface area contributed by atoms with Crippen LogP contribution in [0.4, 0.5) is 0 Å². The minimum atomic E-state index is -0.523. The number of hydrogen-bond acceptors (Lipinski definition) is 3. The highest BCUT2D eigenvalue weighted by Crippen LogP contribution is 2.34. The van der Waals surface area contributed by atoms with Gasteiger partial charge in [-0.1, -0.05) is 27.7 Å². The minimum absolute atomic E-state index is 0.00765. The maximum absolute atomic E-state index is 11.6. The molecule has 1 aliphatic heterocycles. The zero-order valence-corrected chi connectivity index (χ0v) is 11.3. The molecule has 0 N–H and O–H groups in total. The molecule has 0 spiro atoms. The highest BCUT2D eigenvalue weighted by Gasteiger charge is 2.33. The van der Waals surface area contributed by atoms with Gasteiger partial charge in [0, 0.05) is 0 Å². The van der Waals surface area contributed by atoms with E-state index in [4.69, 9.17) is 0 Å². The van der Waals surface area contributed by atoms with E-state index in [1.807, 2.05) is 12.1 Å². The smallest absolute Gasteiger partial charge is 0.346 e. The van der Waals surface area contributed by atoms with Crippen molar-refractivity contribution in [3.05, 3.63) is 34.4 Å². The molecule has 0 unspecified atom stereocenters. The van der Waals surface area contributed by atoms with Crippen LogP contribution in [0.5, 0.6) is 0 Å². The molecule has 1 aromatic carbocycles. The van der Waals surface area contributed by atoms with Crippen LogP contribution in [0.2, 0.25) is 0 Å². The van der Waals surface area contributed by atoms with E-state index in [9.17, 15) is 9.59 Å². The van der Waals surface area contributed by atoms with Gasteiger partial charge in [0.15, 0.2) is 0 Å². The normalized spacial score (nSPS) is 14.7. The summed E-state index contributed by atoms with van der Waals surface area (Å²) >= 11 is 0. The van der Waals surface area contributed by atoms with Gasteiger partial charge in [0.05, 0.1) is 11.1 Å². The number of ether oxygens (including phenoxy) is 1. The van der Waals surface area contributed by atoms with Gasteiger partial charge in [-0.3, -0.25) is 0 Å². The molecule has 0 aliphatic carbocycles. The van der Waals surface area contributed by atoms with Crippen molar-refractivity contribution in [1.82, 2.24) is 0 Å². The van der Waals surface area contributed by atoms with Crippen LogP contribution in [0.15, 0.2) is 12.1 Å². The zero-order valence-electron chi connectivity index (χ0n) is 11.3. The maximum Gasteiger partial charge on any atom is 0.346 e. The summed E-state index contributed by atoms with van der Waals surface area (Å²) in [5, 5.41) is 0. The molecule has 0 aromatic heterocycles. The molecule has 0 fully saturated rings. The first-order chi connectivity index (χ1) is 8.40. The lowest BCUT2D eigenvalue weighted by Crippen LogP contribution is -2.19. The van der Waals surface area contributed by atoms with Crippen LogP contribution in [0.3, 0.4) is 0 Å². The standard InChI is InChI=1S/C15H18O3/c1-5-9-7-10-11(14(17)18-13(10)16)8-12(9)15(3,4)6-2/h7-8H,5-6H2,1-4H3. The summed E-state index contributed by atoms with van der Waals surface area (Å²) in [6, 6.07) is 3.65. The number of rotatable bonds is 3. The van der Waals surface area contributed by atoms with E-state index in [2.05, 4.69) is 32.4 Å². The molecule has 18 heavy (non-hydrogen) atoms. The fourth-order valence-corrected chi connectivity index (χ4v) is 2.29. The Bertz CT molecular complexity index is 527. The summed E-state index contributed by atoms with van der Waals surface area (Å²) in [5.41, 5.74) is 3.07. The number of aryl methyl sites for hydroxylation is 1. The van der Waals surface area contributed by atoms with Crippen LogP contribution in [-0.2, 0) is 16.6 Å². The Balaban J connectivity index is 2.66. The second-order valence-corrected chi connectivity index (χ2v) is 5.32. The Labute approximate surface area is 107 Å². The second-order valence-electron chi connectivity index (χ2n) is 5.32. The molecule has 0 bridgehead atoms. The van der Waals surface area contributed by atoms with Gasteiger partial charge in [0.1, 0.15) is 0 Å². The molecule has 3 heteroatoms. The van der Waals surface area contributed by atoms with Crippen molar-refractivity contribution in [3.8, 4) is 0 Å². The third-order valence-corrected chi connectivity index (χ3v) is 3.86. The third-order valence-electron chi connectivity index (χ3n) is 3.86. The number of carbonyl (C=O) groups is 2. The van der Waals surface area contributed by atoms with E-state index in [-0.39, 0.29) is 5.41 Å². The summed E-state index contributed by atoms with van der Waals surface area (Å²) in [6.07, 6.45) is 1.81. The van der Waals surface area contributed by atoms with E-state index >= 15 is 0 Å². The number of carbonyl (C=O) groups excluding carboxylic acids is 2. The van der Waals surface area contributed by atoms with E-state index in [0.29, 0.717) is 11.1 Å². The van der Waals surface area contributed by atoms with Crippen LogP contribution in [0, 0.1) is 0 Å². The van der Waals surface area contributed by atoms with Crippen LogP contribution in [-0.4, -0.2) is 11.9 Å². The highest BCUT2D eigenvalue weighted by atomic mass is 16.6. The van der Waals surface area contributed by atoms with E-state index < -0.39 is 11.9 Å². The van der Waals surface area contributed by atoms with E-state index in [1.54, 1.807) is 0 Å². The molecule has 0 saturated heterocycles. The van der Waals surface area contributed by atoms with Crippen molar-refractivity contribution in [2.45, 2.75) is 46.0 Å². The van der Waals surface area contributed by atoms with Gasteiger partial charge in [0.2, 0.25) is 0 Å². The first-order valence-electron chi connectivity index (χ1n) is 6.34. The van der Waals surface area contributed by atoms with Crippen molar-refractivity contribution in [1.29, 1.82) is 0 Å². The number of benzene rings is 1. The highest BCUT2D eigenvalue weighted by molar-refractivity contribution is 6.14. The predicted molar refractivity (Wildman–Crippen MR) is 68.9 cm³/mol. The van der Waals surface area contributed by atoms with Gasteiger partial charge in [-0.2, -0.15) is 0 Å². The summed E-state index contributed by atoms with van der Waals surface area (Å²) in [6.45, 7) is 8.47. The molecular formula is C15H18O3. The lowest BCUT2D eigenvalue weighted by Gasteiger charge is -2.26. The third kappa shape index (κ3) is 1.84. The van der Waals surface area contributed by atoms with Crippen molar-refractivity contribution in [3.63, 3.8) is 0 Å². The number of hydrogen-bond donors (Lipinski definition) is 0. The number of esters is 2. The molecule has 0 amide bonds. The van der Waals surface area contributed by atoms with Gasteiger partial charge < -0.3 is 4.74 Å². The molecule has 1 aliphatic rings. The van der Waals surface area contributed by atoms with Gasteiger partial charge in [-0.05, 0) is 41.5 Å². The summed E-state index contributed by atoms with van der Waals surface area (Å²) in [7, 11) is 0. The molecule has 96 valence electrons. The van der Waals surface area contributed by atoms with Crippen molar-refractivity contribution >= 4 is 11.9 Å². The fourth-order valence-electron chi connectivity index (χ4n) is 2.29. The zero-order chi connectivity index (χ0) is 13.5. The Morgan fingerprint density at radius 2 is 1.61 bits per heavy atom. The van der Waals surface area contributed by atoms with Crippen LogP contribution < -0.4 is 0 Å². The monoisotopic (exact) mass is 246 g/mol. The molecule has 0 radical (unpaired) electrons. The summed E-state index contributed by atoms with van der Waals surface area (Å²) in [4.78, 5) is 23.1. The SMILES string of the molecule is CCc1cc2c(cc1C(C)(C)CC)C(=O)OC2=O. The van der Waals surface area contributed by atoms with Gasteiger partial charge >= 0.3 is 11.9 Å². The summed E-state index contributed by atoms with van der Waals surface area (Å²) < 4.78 is 4.65. The van der Waals surface area contributed by atoms with Crippen molar-refractivity contribution in [2.75, 3.05) is 0 Å². The Morgan fingerprint density at radius 1 is 1.06 bits per heavy atom. The average molecular weight is 246 g/mol. The quantitative estimate of drug-likeness (QED) is 0.607. The Hall–Kier alpha value is -1.64. The lowest BCUT2D eigenvalue weighted by molar-refractivity contribution is 0.0444. The van der Waals surface area contributed by atoms with Crippen LogP contribution >= 0.6 is 0 Å². The van der Waals surface area contributed by atoms with Gasteiger partial charge in [-0.15, -0.1) is 0 Å².